The Hall–Kier alpha value is 1.08. The van der Waals surface area contributed by atoms with Gasteiger partial charge in [0.1, 0.15) is 0 Å². The smallest absolute Gasteiger partial charge is 0.759 e. The Labute approximate surface area is 66.0 Å². The molecule has 0 aliphatic carbocycles. The van der Waals surface area contributed by atoms with E-state index >= 15 is 0 Å². The van der Waals surface area contributed by atoms with Crippen LogP contribution in [0.2, 0.25) is 0 Å². The summed E-state index contributed by atoms with van der Waals surface area (Å²) in [6, 6.07) is 0. The van der Waals surface area contributed by atoms with Crippen molar-refractivity contribution >= 4 is 10.4 Å². The van der Waals surface area contributed by atoms with Crippen molar-refractivity contribution in [1.82, 2.24) is 0 Å². The third-order valence-electron chi connectivity index (χ3n) is 0. The molecule has 0 radical (unpaired) electrons. The summed E-state index contributed by atoms with van der Waals surface area (Å²) in [5.74, 6) is 0. The van der Waals surface area contributed by atoms with Gasteiger partial charge >= 0.3 is 17.1 Å². The van der Waals surface area contributed by atoms with Crippen LogP contribution in [0.4, 0.5) is 0 Å². The molecule has 0 heterocycles. The van der Waals surface area contributed by atoms with E-state index in [0.717, 1.165) is 0 Å². The molecule has 0 saturated carbocycles. The van der Waals surface area contributed by atoms with E-state index in [4.69, 9.17) is 17.5 Å². The maximum Gasteiger partial charge on any atom is 2.00 e. The molecule has 0 aliphatic heterocycles. The second-order valence-electron chi connectivity index (χ2n) is 0.408. The van der Waals surface area contributed by atoms with Crippen LogP contribution in [-0.4, -0.2) is 17.5 Å². The summed E-state index contributed by atoms with van der Waals surface area (Å²) < 4.78 is 34.1. The summed E-state index contributed by atoms with van der Waals surface area (Å²) in [5, 5.41) is 0. The Balaban J connectivity index is -0.0000000800. The molecule has 44 valence electrons. The molecule has 0 saturated heterocycles. The predicted octanol–water partition coefficient (Wildman–Crippen LogP) is -1.34. The molecule has 0 aromatic rings. The van der Waals surface area contributed by atoms with Gasteiger partial charge in [-0.05, 0) is 0 Å². The molecule has 0 N–H and O–H groups in total. The van der Waals surface area contributed by atoms with Gasteiger partial charge in [0.25, 0.3) is 0 Å². The van der Waals surface area contributed by atoms with E-state index in [9.17, 15) is 0 Å². The Morgan fingerprint density at radius 2 is 1.14 bits per heavy atom. The minimum atomic E-state index is -5.17. The zero-order valence-corrected chi connectivity index (χ0v) is 6.73. The van der Waals surface area contributed by atoms with Crippen molar-refractivity contribution in [3.63, 3.8) is 0 Å². The first-order valence-electron chi connectivity index (χ1n) is 0.667. The minimum absolute atomic E-state index is 0. The quantitative estimate of drug-likeness (QED) is 0.301. The Bertz CT molecular complexity index is 94.9. The Kier molecular flexibility index (Phi) is 11.7. The van der Waals surface area contributed by atoms with Crippen molar-refractivity contribution in [1.29, 1.82) is 0 Å². The second-order valence-corrected chi connectivity index (χ2v) is 1.22. The number of hydrogen-bond acceptors (Lipinski definition) is 4. The molecule has 0 unspecified atom stereocenters. The van der Waals surface area contributed by atoms with Crippen LogP contribution < -0.4 is 0 Å². The topological polar surface area (TPSA) is 80.3 Å². The molecule has 0 aliphatic rings. The first-order chi connectivity index (χ1) is 2.00. The molecule has 0 amide bonds. The molecular formula is FeMoO4S. The molecule has 0 aromatic heterocycles. The molecule has 7 heavy (non-hydrogen) atoms. The number of hydrogen-bond donors (Lipinski definition) is 0. The van der Waals surface area contributed by atoms with E-state index in [1.54, 1.807) is 0 Å². The first-order valence-corrected chi connectivity index (χ1v) is 2.00. The fourth-order valence-electron chi connectivity index (χ4n) is 0. The summed E-state index contributed by atoms with van der Waals surface area (Å²) >= 11 is 0. The van der Waals surface area contributed by atoms with Crippen molar-refractivity contribution in [2.24, 2.45) is 0 Å². The molecule has 4 nitrogen and oxygen atoms in total. The van der Waals surface area contributed by atoms with Crippen LogP contribution in [-0.2, 0) is 48.5 Å². The molecule has 0 fully saturated rings. The van der Waals surface area contributed by atoms with Crippen molar-refractivity contribution in [2.75, 3.05) is 0 Å². The van der Waals surface area contributed by atoms with Gasteiger partial charge in [-0.25, -0.2) is 0 Å². The minimum Gasteiger partial charge on any atom is -0.759 e. The van der Waals surface area contributed by atoms with E-state index in [-0.39, 0.29) is 38.1 Å². The van der Waals surface area contributed by atoms with Gasteiger partial charge < -0.3 is 9.11 Å². The van der Waals surface area contributed by atoms with Crippen molar-refractivity contribution in [3.05, 3.63) is 0 Å². The fourth-order valence-corrected chi connectivity index (χ4v) is 0. The van der Waals surface area contributed by atoms with Crippen LogP contribution in [0.25, 0.3) is 0 Å². The third kappa shape index (κ3) is 157. The molecule has 0 spiro atoms. The van der Waals surface area contributed by atoms with Gasteiger partial charge in [0.2, 0.25) is 0 Å². The Morgan fingerprint density at radius 1 is 1.14 bits per heavy atom. The maximum absolute atomic E-state index is 8.52. The first kappa shape index (κ1) is 15.7. The van der Waals surface area contributed by atoms with Crippen molar-refractivity contribution in [2.45, 2.75) is 0 Å². The average molecular weight is 248 g/mol. The largest absolute Gasteiger partial charge is 2.00 e. The molecule has 0 bridgehead atoms. The van der Waals surface area contributed by atoms with Crippen LogP contribution in [0, 0.1) is 0 Å². The van der Waals surface area contributed by atoms with Crippen LogP contribution in [0.1, 0.15) is 0 Å². The van der Waals surface area contributed by atoms with E-state index in [1.807, 2.05) is 0 Å². The molecule has 0 rings (SSSR count). The van der Waals surface area contributed by atoms with E-state index < -0.39 is 10.4 Å². The second kappa shape index (κ2) is 5.22. The molecule has 0 aromatic carbocycles. The summed E-state index contributed by atoms with van der Waals surface area (Å²) in [6.45, 7) is 0. The molecule has 0 atom stereocenters. The third-order valence-corrected chi connectivity index (χ3v) is 0. The fraction of sp³-hybridized carbons (Fsp3) is 0. The normalized spacial score (nSPS) is 8.29. The van der Waals surface area contributed by atoms with E-state index in [1.165, 1.54) is 0 Å². The SMILES string of the molecule is O=S(=O)([O-])[O-].[Fe+2].[Mo]. The Morgan fingerprint density at radius 3 is 1.14 bits per heavy atom. The standard InChI is InChI=1S/Fe.Mo.H2O4S/c;;1-5(2,3)4/h;;(H2,1,2,3,4)/q+2;;/p-2. The van der Waals surface area contributed by atoms with Crippen LogP contribution >= 0.6 is 0 Å². The summed E-state index contributed by atoms with van der Waals surface area (Å²) in [4.78, 5) is 0. The van der Waals surface area contributed by atoms with Gasteiger partial charge in [-0.2, -0.15) is 0 Å². The van der Waals surface area contributed by atoms with Gasteiger partial charge in [0.05, 0.1) is 0 Å². The summed E-state index contributed by atoms with van der Waals surface area (Å²) in [5.41, 5.74) is 0. The monoisotopic (exact) mass is 250 g/mol. The van der Waals surface area contributed by atoms with Gasteiger partial charge in [-0.3, -0.25) is 8.42 Å². The van der Waals surface area contributed by atoms with Gasteiger partial charge in [0, 0.05) is 31.5 Å². The predicted molar refractivity (Wildman–Crippen MR) is 10.5 cm³/mol. The average Bonchev–Trinajstić information content (AvgIpc) is 0.722. The number of rotatable bonds is 0. The summed E-state index contributed by atoms with van der Waals surface area (Å²) in [6.07, 6.45) is 0. The zero-order valence-electron chi connectivity index (χ0n) is 2.80. The van der Waals surface area contributed by atoms with Crippen LogP contribution in [0.15, 0.2) is 0 Å². The van der Waals surface area contributed by atoms with Crippen LogP contribution in [0.5, 0.6) is 0 Å². The van der Waals surface area contributed by atoms with Crippen LogP contribution in [0.3, 0.4) is 0 Å². The zero-order chi connectivity index (χ0) is 4.50. The summed E-state index contributed by atoms with van der Waals surface area (Å²) in [7, 11) is -5.17. The molecule has 7 heteroatoms. The maximum atomic E-state index is 8.52. The molecular weight excluding hydrogens is 248 g/mol. The van der Waals surface area contributed by atoms with Gasteiger partial charge in [0.15, 0.2) is 0 Å². The van der Waals surface area contributed by atoms with Gasteiger partial charge in [-0.1, -0.05) is 0 Å². The van der Waals surface area contributed by atoms with E-state index in [0.29, 0.717) is 0 Å². The van der Waals surface area contributed by atoms with E-state index in [2.05, 4.69) is 0 Å². The van der Waals surface area contributed by atoms with Crippen molar-refractivity contribution in [3.8, 4) is 0 Å². The van der Waals surface area contributed by atoms with Gasteiger partial charge in [-0.15, -0.1) is 0 Å². The van der Waals surface area contributed by atoms with Crippen molar-refractivity contribution < 1.29 is 55.7 Å².